The van der Waals surface area contributed by atoms with E-state index in [2.05, 4.69) is 10.3 Å². The number of nitrogens with zero attached hydrogens (tertiary/aromatic N) is 1. The molecule has 3 aromatic rings. The maximum Gasteiger partial charge on any atom is 0.253 e. The van der Waals surface area contributed by atoms with Crippen molar-refractivity contribution >= 4 is 5.91 Å². The number of fused-ring (bicyclic) bond motifs is 1. The summed E-state index contributed by atoms with van der Waals surface area (Å²) in [6.07, 6.45) is 5.57. The van der Waals surface area contributed by atoms with E-state index >= 15 is 0 Å². The van der Waals surface area contributed by atoms with Crippen LogP contribution in [0, 0.1) is 0 Å². The molecule has 0 bridgehead atoms. The van der Waals surface area contributed by atoms with Crippen molar-refractivity contribution in [2.75, 3.05) is 0 Å². The number of hydrogen-bond donors (Lipinski definition) is 2. The number of pyridine rings is 1. The monoisotopic (exact) mass is 358 g/mol. The van der Waals surface area contributed by atoms with E-state index in [0.29, 0.717) is 5.56 Å². The van der Waals surface area contributed by atoms with Crippen LogP contribution in [0.4, 0.5) is 0 Å². The third kappa shape index (κ3) is 3.62. The number of benzene rings is 2. The van der Waals surface area contributed by atoms with Crippen molar-refractivity contribution in [1.82, 2.24) is 10.3 Å². The Morgan fingerprint density at radius 3 is 2.30 bits per heavy atom. The summed E-state index contributed by atoms with van der Waals surface area (Å²) in [5.41, 5.74) is 4.49. The SMILES string of the molecule is O=C(N[C@@H](c1ccccc1)[C@H](O)c1ccccc1)c1cncc2c1CCC2. The van der Waals surface area contributed by atoms with E-state index in [1.807, 2.05) is 66.9 Å². The zero-order chi connectivity index (χ0) is 18.6. The fourth-order valence-electron chi connectivity index (χ4n) is 3.76. The lowest BCUT2D eigenvalue weighted by molar-refractivity contribution is 0.0830. The summed E-state index contributed by atoms with van der Waals surface area (Å²) < 4.78 is 0. The fraction of sp³-hybridized carbons (Fsp3) is 0.217. The van der Waals surface area contributed by atoms with E-state index in [1.165, 1.54) is 0 Å². The van der Waals surface area contributed by atoms with Gasteiger partial charge < -0.3 is 10.4 Å². The van der Waals surface area contributed by atoms with Crippen molar-refractivity contribution in [2.45, 2.75) is 31.4 Å². The van der Waals surface area contributed by atoms with Gasteiger partial charge in [0.2, 0.25) is 0 Å². The third-order valence-electron chi connectivity index (χ3n) is 5.17. The number of rotatable bonds is 5. The van der Waals surface area contributed by atoms with Gasteiger partial charge in [-0.3, -0.25) is 9.78 Å². The Bertz CT molecular complexity index is 926. The molecule has 4 rings (SSSR count). The van der Waals surface area contributed by atoms with E-state index in [-0.39, 0.29) is 5.91 Å². The number of aryl methyl sites for hydroxylation is 1. The summed E-state index contributed by atoms with van der Waals surface area (Å²) in [5.74, 6) is -0.190. The summed E-state index contributed by atoms with van der Waals surface area (Å²) in [5, 5.41) is 14.0. The first-order valence-corrected chi connectivity index (χ1v) is 9.28. The Labute approximate surface area is 158 Å². The van der Waals surface area contributed by atoms with Crippen molar-refractivity contribution in [3.05, 3.63) is 101 Å². The molecule has 4 heteroatoms. The predicted molar refractivity (Wildman–Crippen MR) is 104 cm³/mol. The van der Waals surface area contributed by atoms with Gasteiger partial charge in [0.1, 0.15) is 6.10 Å². The molecule has 0 unspecified atom stereocenters. The van der Waals surface area contributed by atoms with Crippen LogP contribution < -0.4 is 5.32 Å². The molecule has 4 nitrogen and oxygen atoms in total. The van der Waals surface area contributed by atoms with Gasteiger partial charge in [-0.25, -0.2) is 0 Å². The Hall–Kier alpha value is -2.98. The van der Waals surface area contributed by atoms with Gasteiger partial charge in [-0.1, -0.05) is 60.7 Å². The molecule has 1 aliphatic carbocycles. The quantitative estimate of drug-likeness (QED) is 0.730. The Morgan fingerprint density at radius 1 is 0.926 bits per heavy atom. The van der Waals surface area contributed by atoms with Crippen LogP contribution in [-0.4, -0.2) is 16.0 Å². The van der Waals surface area contributed by atoms with Crippen molar-refractivity contribution in [2.24, 2.45) is 0 Å². The molecule has 27 heavy (non-hydrogen) atoms. The van der Waals surface area contributed by atoms with Crippen LogP contribution in [0.25, 0.3) is 0 Å². The van der Waals surface area contributed by atoms with Crippen LogP contribution in [0.2, 0.25) is 0 Å². The molecule has 0 fully saturated rings. The van der Waals surface area contributed by atoms with Gasteiger partial charge in [0.05, 0.1) is 11.6 Å². The lowest BCUT2D eigenvalue weighted by atomic mass is 9.95. The number of hydrogen-bond acceptors (Lipinski definition) is 3. The molecule has 2 aromatic carbocycles. The lowest BCUT2D eigenvalue weighted by Crippen LogP contribution is -2.33. The van der Waals surface area contributed by atoms with E-state index in [9.17, 15) is 9.90 Å². The van der Waals surface area contributed by atoms with E-state index in [1.54, 1.807) is 6.20 Å². The standard InChI is InChI=1S/C23H22N2O2/c26-22(17-10-5-2-6-11-17)21(16-8-3-1-4-9-16)25-23(27)20-15-24-14-18-12-7-13-19(18)20/h1-6,8-11,14-15,21-22,26H,7,12-13H2,(H,25,27)/t21-,22+/m0/s1. The summed E-state index contributed by atoms with van der Waals surface area (Å²) in [6, 6.07) is 18.5. The summed E-state index contributed by atoms with van der Waals surface area (Å²) in [6.45, 7) is 0. The van der Waals surface area contributed by atoms with Crippen LogP contribution in [0.15, 0.2) is 73.1 Å². The van der Waals surface area contributed by atoms with Crippen molar-refractivity contribution in [1.29, 1.82) is 0 Å². The second-order valence-corrected chi connectivity index (χ2v) is 6.90. The fourth-order valence-corrected chi connectivity index (χ4v) is 3.76. The minimum absolute atomic E-state index is 0.190. The third-order valence-corrected chi connectivity index (χ3v) is 5.17. The van der Waals surface area contributed by atoms with Crippen LogP contribution in [0.5, 0.6) is 0 Å². The highest BCUT2D eigenvalue weighted by atomic mass is 16.3. The van der Waals surface area contributed by atoms with Crippen LogP contribution in [0.1, 0.15) is 51.2 Å². The molecule has 1 heterocycles. The smallest absolute Gasteiger partial charge is 0.253 e. The number of aliphatic hydroxyl groups is 1. The number of carbonyl (C=O) groups excluding carboxylic acids is 1. The van der Waals surface area contributed by atoms with Gasteiger partial charge >= 0.3 is 0 Å². The largest absolute Gasteiger partial charge is 0.386 e. The zero-order valence-corrected chi connectivity index (χ0v) is 15.0. The molecular formula is C23H22N2O2. The minimum atomic E-state index is -0.845. The number of aliphatic hydroxyl groups excluding tert-OH is 1. The molecule has 0 spiro atoms. The highest BCUT2D eigenvalue weighted by Crippen LogP contribution is 2.30. The van der Waals surface area contributed by atoms with Gasteiger partial charge in [-0.2, -0.15) is 0 Å². The van der Waals surface area contributed by atoms with Gasteiger partial charge in [-0.05, 0) is 41.5 Å². The average Bonchev–Trinajstić information content (AvgIpc) is 3.21. The zero-order valence-electron chi connectivity index (χ0n) is 15.0. The van der Waals surface area contributed by atoms with Gasteiger partial charge in [-0.15, -0.1) is 0 Å². The Morgan fingerprint density at radius 2 is 1.59 bits per heavy atom. The molecule has 0 saturated carbocycles. The highest BCUT2D eigenvalue weighted by molar-refractivity contribution is 5.96. The first-order chi connectivity index (χ1) is 13.2. The molecule has 1 amide bonds. The molecule has 1 aliphatic rings. The van der Waals surface area contributed by atoms with Crippen LogP contribution in [0.3, 0.4) is 0 Å². The van der Waals surface area contributed by atoms with Crippen molar-refractivity contribution in [3.63, 3.8) is 0 Å². The summed E-state index contributed by atoms with van der Waals surface area (Å²) in [7, 11) is 0. The first-order valence-electron chi connectivity index (χ1n) is 9.28. The predicted octanol–water partition coefficient (Wildman–Crippen LogP) is 3.78. The van der Waals surface area contributed by atoms with E-state index < -0.39 is 12.1 Å². The number of nitrogens with one attached hydrogen (secondary N) is 1. The van der Waals surface area contributed by atoms with Crippen LogP contribution in [-0.2, 0) is 12.8 Å². The average molecular weight is 358 g/mol. The molecule has 2 N–H and O–H groups in total. The topological polar surface area (TPSA) is 62.2 Å². The van der Waals surface area contributed by atoms with E-state index in [0.717, 1.165) is 41.5 Å². The number of amides is 1. The van der Waals surface area contributed by atoms with Gasteiger partial charge in [0.25, 0.3) is 5.91 Å². The molecule has 0 radical (unpaired) electrons. The number of aromatic nitrogens is 1. The maximum atomic E-state index is 13.1. The molecule has 2 atom stereocenters. The van der Waals surface area contributed by atoms with E-state index in [4.69, 9.17) is 0 Å². The second kappa shape index (κ2) is 7.72. The Balaban J connectivity index is 1.66. The lowest BCUT2D eigenvalue weighted by Gasteiger charge is -2.25. The minimum Gasteiger partial charge on any atom is -0.386 e. The highest BCUT2D eigenvalue weighted by Gasteiger charge is 2.27. The van der Waals surface area contributed by atoms with Gasteiger partial charge in [0.15, 0.2) is 0 Å². The van der Waals surface area contributed by atoms with Crippen molar-refractivity contribution < 1.29 is 9.90 Å². The molecule has 1 aromatic heterocycles. The number of carbonyl (C=O) groups is 1. The molecule has 0 saturated heterocycles. The molecule has 0 aliphatic heterocycles. The Kier molecular flexibility index (Phi) is 4.99. The van der Waals surface area contributed by atoms with Crippen molar-refractivity contribution in [3.8, 4) is 0 Å². The molecule has 136 valence electrons. The molecular weight excluding hydrogens is 336 g/mol. The first kappa shape index (κ1) is 17.4. The second-order valence-electron chi connectivity index (χ2n) is 6.90. The van der Waals surface area contributed by atoms with Crippen LogP contribution >= 0.6 is 0 Å². The summed E-state index contributed by atoms with van der Waals surface area (Å²) in [4.78, 5) is 17.3. The maximum absolute atomic E-state index is 13.1. The summed E-state index contributed by atoms with van der Waals surface area (Å²) >= 11 is 0. The van der Waals surface area contributed by atoms with Gasteiger partial charge in [0, 0.05) is 12.4 Å². The normalized spacial score (nSPS) is 15.0.